The van der Waals surface area contributed by atoms with E-state index in [2.05, 4.69) is 16.7 Å². The van der Waals surface area contributed by atoms with E-state index in [1.54, 1.807) is 7.11 Å². The third-order valence-electron chi connectivity index (χ3n) is 3.78. The van der Waals surface area contributed by atoms with Crippen LogP contribution in [-0.4, -0.2) is 34.4 Å². The van der Waals surface area contributed by atoms with Crippen molar-refractivity contribution in [1.82, 2.24) is 15.1 Å². The van der Waals surface area contributed by atoms with Gasteiger partial charge >= 0.3 is 0 Å². The van der Waals surface area contributed by atoms with Crippen LogP contribution < -0.4 is 10.1 Å². The summed E-state index contributed by atoms with van der Waals surface area (Å²) in [6, 6.07) is 0.629. The van der Waals surface area contributed by atoms with Gasteiger partial charge in [-0.15, -0.1) is 0 Å². The van der Waals surface area contributed by atoms with Crippen LogP contribution in [0.3, 0.4) is 0 Å². The molecule has 0 saturated heterocycles. The first-order valence-corrected chi connectivity index (χ1v) is 7.78. The first kappa shape index (κ1) is 13.7. The zero-order valence-electron chi connectivity index (χ0n) is 11.7. The molecule has 0 spiro atoms. The summed E-state index contributed by atoms with van der Waals surface area (Å²) in [5, 5.41) is 8.84. The molecule has 2 unspecified atom stereocenters. The fourth-order valence-electron chi connectivity index (χ4n) is 2.81. The lowest BCUT2D eigenvalue weighted by atomic mass is 10.2. The highest BCUT2D eigenvalue weighted by atomic mass is 32.2. The van der Waals surface area contributed by atoms with Crippen LogP contribution in [0.25, 0.3) is 0 Å². The molecule has 0 amide bonds. The van der Waals surface area contributed by atoms with Crippen LogP contribution in [0, 0.1) is 6.92 Å². The Morgan fingerprint density at radius 1 is 1.50 bits per heavy atom. The van der Waals surface area contributed by atoms with Crippen molar-refractivity contribution in [3.05, 3.63) is 11.3 Å². The second-order valence-corrected chi connectivity index (χ2v) is 5.97. The summed E-state index contributed by atoms with van der Waals surface area (Å²) in [6.07, 6.45) is 6.17. The lowest BCUT2D eigenvalue weighted by molar-refractivity contribution is 0.366. The minimum atomic E-state index is 0.629. The minimum Gasteiger partial charge on any atom is -0.481 e. The Morgan fingerprint density at radius 3 is 2.94 bits per heavy atom. The first-order valence-electron chi connectivity index (χ1n) is 6.50. The second kappa shape index (κ2) is 5.97. The number of rotatable bonds is 5. The van der Waals surface area contributed by atoms with Crippen LogP contribution >= 0.6 is 11.8 Å². The van der Waals surface area contributed by atoms with E-state index in [-0.39, 0.29) is 0 Å². The van der Waals surface area contributed by atoms with E-state index < -0.39 is 0 Å². The van der Waals surface area contributed by atoms with Crippen molar-refractivity contribution >= 4 is 11.8 Å². The number of aryl methyl sites for hydroxylation is 2. The maximum Gasteiger partial charge on any atom is 0.216 e. The summed E-state index contributed by atoms with van der Waals surface area (Å²) < 4.78 is 7.23. The molecule has 0 aromatic carbocycles. The van der Waals surface area contributed by atoms with Gasteiger partial charge in [-0.2, -0.15) is 16.9 Å². The van der Waals surface area contributed by atoms with Gasteiger partial charge in [0, 0.05) is 24.9 Å². The Balaban J connectivity index is 2.01. The molecule has 0 aliphatic heterocycles. The van der Waals surface area contributed by atoms with Gasteiger partial charge in [-0.25, -0.2) is 4.68 Å². The van der Waals surface area contributed by atoms with Crippen LogP contribution in [0.1, 0.15) is 30.5 Å². The standard InChI is InChI=1S/C13H23N3OS/c1-9-10(13(17-3)16(2)15-9)8-14-11-6-5-7-12(11)18-4/h11-12,14H,5-8H2,1-4H3. The molecular formula is C13H23N3OS. The number of thioether (sulfide) groups is 1. The third-order valence-corrected chi connectivity index (χ3v) is 4.95. The lowest BCUT2D eigenvalue weighted by Gasteiger charge is -2.19. The van der Waals surface area contributed by atoms with Crippen molar-refractivity contribution in [3.63, 3.8) is 0 Å². The van der Waals surface area contributed by atoms with Crippen molar-refractivity contribution < 1.29 is 4.74 Å². The average Bonchev–Trinajstić information content (AvgIpc) is 2.90. The summed E-state index contributed by atoms with van der Waals surface area (Å²) in [6.45, 7) is 2.89. The predicted octanol–water partition coefficient (Wildman–Crippen LogP) is 2.11. The van der Waals surface area contributed by atoms with Gasteiger partial charge in [-0.05, 0) is 26.0 Å². The number of hydrogen-bond donors (Lipinski definition) is 1. The Hall–Kier alpha value is -0.680. The van der Waals surface area contributed by atoms with Crippen molar-refractivity contribution in [2.75, 3.05) is 13.4 Å². The van der Waals surface area contributed by atoms with Crippen molar-refractivity contribution in [2.24, 2.45) is 7.05 Å². The Morgan fingerprint density at radius 2 is 2.28 bits per heavy atom. The van der Waals surface area contributed by atoms with Crippen molar-refractivity contribution in [1.29, 1.82) is 0 Å². The van der Waals surface area contributed by atoms with Gasteiger partial charge in [-0.1, -0.05) is 6.42 Å². The summed E-state index contributed by atoms with van der Waals surface area (Å²) in [5.74, 6) is 0.874. The van der Waals surface area contributed by atoms with Crippen molar-refractivity contribution in [2.45, 2.75) is 44.0 Å². The van der Waals surface area contributed by atoms with Crippen LogP contribution in [-0.2, 0) is 13.6 Å². The van der Waals surface area contributed by atoms with E-state index in [0.29, 0.717) is 6.04 Å². The SMILES string of the molecule is COc1c(CNC2CCCC2SC)c(C)nn1C. The van der Waals surface area contributed by atoms with E-state index in [0.717, 1.165) is 23.4 Å². The molecule has 1 aromatic rings. The minimum absolute atomic E-state index is 0.629. The number of nitrogens with zero attached hydrogens (tertiary/aromatic N) is 2. The van der Waals surface area contributed by atoms with Crippen LogP contribution in [0.5, 0.6) is 5.88 Å². The molecule has 1 fully saturated rings. The van der Waals surface area contributed by atoms with Gasteiger partial charge in [-0.3, -0.25) is 0 Å². The zero-order chi connectivity index (χ0) is 13.1. The van der Waals surface area contributed by atoms with Gasteiger partial charge < -0.3 is 10.1 Å². The van der Waals surface area contributed by atoms with Crippen molar-refractivity contribution in [3.8, 4) is 5.88 Å². The van der Waals surface area contributed by atoms with E-state index in [4.69, 9.17) is 4.74 Å². The van der Waals surface area contributed by atoms with E-state index in [9.17, 15) is 0 Å². The molecular weight excluding hydrogens is 246 g/mol. The average molecular weight is 269 g/mol. The Kier molecular flexibility index (Phi) is 4.56. The predicted molar refractivity (Wildman–Crippen MR) is 76.3 cm³/mol. The largest absolute Gasteiger partial charge is 0.481 e. The number of aromatic nitrogens is 2. The molecule has 1 aromatic heterocycles. The number of hydrogen-bond acceptors (Lipinski definition) is 4. The van der Waals surface area contributed by atoms with Gasteiger partial charge in [0.2, 0.25) is 5.88 Å². The van der Waals surface area contributed by atoms with Gasteiger partial charge in [0.1, 0.15) is 0 Å². The molecule has 2 rings (SSSR count). The molecule has 1 heterocycles. The number of ether oxygens (including phenoxy) is 1. The summed E-state index contributed by atoms with van der Waals surface area (Å²) in [7, 11) is 3.63. The summed E-state index contributed by atoms with van der Waals surface area (Å²) >= 11 is 1.98. The summed E-state index contributed by atoms with van der Waals surface area (Å²) in [4.78, 5) is 0. The maximum absolute atomic E-state index is 5.42. The van der Waals surface area contributed by atoms with E-state index in [1.165, 1.54) is 24.8 Å². The fourth-order valence-corrected chi connectivity index (χ4v) is 3.78. The van der Waals surface area contributed by atoms with Gasteiger partial charge in [0.05, 0.1) is 18.4 Å². The maximum atomic E-state index is 5.42. The molecule has 2 atom stereocenters. The van der Waals surface area contributed by atoms with E-state index >= 15 is 0 Å². The Bertz CT molecular complexity index is 405. The highest BCUT2D eigenvalue weighted by Crippen LogP contribution is 2.29. The second-order valence-electron chi connectivity index (χ2n) is 4.89. The molecule has 5 heteroatoms. The molecule has 0 radical (unpaired) electrons. The highest BCUT2D eigenvalue weighted by molar-refractivity contribution is 7.99. The van der Waals surface area contributed by atoms with Gasteiger partial charge in [0.15, 0.2) is 0 Å². The smallest absolute Gasteiger partial charge is 0.216 e. The highest BCUT2D eigenvalue weighted by Gasteiger charge is 2.26. The number of nitrogens with one attached hydrogen (secondary N) is 1. The molecule has 1 aliphatic rings. The lowest BCUT2D eigenvalue weighted by Crippen LogP contribution is -2.33. The molecule has 4 nitrogen and oxygen atoms in total. The third kappa shape index (κ3) is 2.67. The summed E-state index contributed by atoms with van der Waals surface area (Å²) in [5.41, 5.74) is 2.24. The van der Waals surface area contributed by atoms with E-state index in [1.807, 2.05) is 30.4 Å². The van der Waals surface area contributed by atoms with Crippen LogP contribution in [0.4, 0.5) is 0 Å². The molecule has 0 bridgehead atoms. The first-order chi connectivity index (χ1) is 8.67. The molecule has 1 aliphatic carbocycles. The molecule has 18 heavy (non-hydrogen) atoms. The van der Waals surface area contributed by atoms with Crippen LogP contribution in [0.15, 0.2) is 0 Å². The Labute approximate surface area is 113 Å². The fraction of sp³-hybridized carbons (Fsp3) is 0.769. The normalized spacial score (nSPS) is 23.6. The number of methoxy groups -OCH3 is 1. The topological polar surface area (TPSA) is 39.1 Å². The monoisotopic (exact) mass is 269 g/mol. The van der Waals surface area contributed by atoms with Gasteiger partial charge in [0.25, 0.3) is 0 Å². The molecule has 1 N–H and O–H groups in total. The zero-order valence-corrected chi connectivity index (χ0v) is 12.5. The molecule has 102 valence electrons. The molecule has 1 saturated carbocycles. The van der Waals surface area contributed by atoms with Crippen LogP contribution in [0.2, 0.25) is 0 Å². The quantitative estimate of drug-likeness (QED) is 0.888.